The second kappa shape index (κ2) is 13.6. The lowest BCUT2D eigenvalue weighted by Crippen LogP contribution is -2.51. The van der Waals surface area contributed by atoms with Crippen molar-refractivity contribution in [2.45, 2.75) is 55.5 Å². The van der Waals surface area contributed by atoms with Crippen molar-refractivity contribution in [2.75, 3.05) is 46.4 Å². The molecule has 0 spiro atoms. The molecule has 0 saturated carbocycles. The summed E-state index contributed by atoms with van der Waals surface area (Å²) in [7, 11) is -2.92. The topological polar surface area (TPSA) is 143 Å². The average molecular weight is 634 g/mol. The number of halogens is 2. The second-order valence-electron chi connectivity index (χ2n) is 10.4. The molecule has 15 heteroatoms. The molecule has 12 nitrogen and oxygen atoms in total. The lowest BCUT2D eigenvalue weighted by Gasteiger charge is -2.33. The van der Waals surface area contributed by atoms with E-state index in [2.05, 4.69) is 5.32 Å². The van der Waals surface area contributed by atoms with Gasteiger partial charge >= 0.3 is 12.1 Å². The average Bonchev–Trinajstić information content (AvgIpc) is 3.60. The maximum Gasteiger partial charge on any atom is 0.409 e. The van der Waals surface area contributed by atoms with Crippen LogP contribution in [0.4, 0.5) is 4.79 Å². The zero-order valence-corrected chi connectivity index (χ0v) is 25.0. The first-order valence-electron chi connectivity index (χ1n) is 13.5. The Bertz CT molecular complexity index is 1250. The normalized spacial score (nSPS) is 21.0. The molecule has 3 aliphatic rings. The predicted molar refractivity (Wildman–Crippen MR) is 149 cm³/mol. The molecule has 3 amide bonds. The number of nitrogens with zero attached hydrogens (tertiary/aromatic N) is 3. The number of hydrogen-bond acceptors (Lipinski definition) is 8. The summed E-state index contributed by atoms with van der Waals surface area (Å²) >= 11 is 12.0. The van der Waals surface area contributed by atoms with Crippen LogP contribution in [-0.4, -0.2) is 105 Å². The van der Waals surface area contributed by atoms with Crippen LogP contribution in [0.1, 0.15) is 38.5 Å². The molecule has 2 atom stereocenters. The standard InChI is InChI=1S/C26H34Cl2N4O8S/c1-39-25(35)21(4-5-23(33)30-9-6-17(7-10-30)16-31-11-12-40-26(31)36)29-24(34)22-3-2-8-32(22)41(37,38)20-14-18(27)13-19(28)15-20/h13-15,17,21-22H,2-12,16H2,1H3,(H,29,34)/t21-,22-/m0/s1. The number of hydrogen-bond donors (Lipinski definition) is 1. The third-order valence-corrected chi connectivity index (χ3v) is 10.0. The van der Waals surface area contributed by atoms with Crippen molar-refractivity contribution in [3.8, 4) is 0 Å². The highest BCUT2D eigenvalue weighted by Crippen LogP contribution is 2.30. The Balaban J connectivity index is 1.32. The predicted octanol–water partition coefficient (Wildman–Crippen LogP) is 2.28. The molecule has 0 radical (unpaired) electrons. The van der Waals surface area contributed by atoms with Crippen LogP contribution < -0.4 is 5.32 Å². The third kappa shape index (κ3) is 7.62. The highest BCUT2D eigenvalue weighted by atomic mass is 35.5. The molecule has 3 saturated heterocycles. The number of ether oxygens (including phenoxy) is 2. The van der Waals surface area contributed by atoms with E-state index in [-0.39, 0.29) is 58.7 Å². The van der Waals surface area contributed by atoms with Crippen molar-refractivity contribution in [1.82, 2.24) is 19.4 Å². The number of amides is 3. The number of sulfonamides is 1. The van der Waals surface area contributed by atoms with Crippen molar-refractivity contribution >= 4 is 57.1 Å². The first-order chi connectivity index (χ1) is 19.5. The number of nitrogens with one attached hydrogen (secondary N) is 1. The van der Waals surface area contributed by atoms with Crippen LogP contribution in [0.5, 0.6) is 0 Å². The van der Waals surface area contributed by atoms with Crippen molar-refractivity contribution in [3.63, 3.8) is 0 Å². The first kappa shape index (κ1) is 31.3. The zero-order valence-electron chi connectivity index (χ0n) is 22.7. The molecule has 0 bridgehead atoms. The number of rotatable bonds is 10. The van der Waals surface area contributed by atoms with E-state index in [1.807, 2.05) is 0 Å². The minimum atomic E-state index is -4.10. The van der Waals surface area contributed by atoms with Gasteiger partial charge < -0.3 is 24.6 Å². The largest absolute Gasteiger partial charge is 0.467 e. The summed E-state index contributed by atoms with van der Waals surface area (Å²) in [6.07, 6.45) is 1.90. The van der Waals surface area contributed by atoms with Gasteiger partial charge in [0.15, 0.2) is 0 Å². The Morgan fingerprint density at radius 2 is 1.76 bits per heavy atom. The highest BCUT2D eigenvalue weighted by Gasteiger charge is 2.41. The fourth-order valence-electron chi connectivity index (χ4n) is 5.46. The number of esters is 1. The summed E-state index contributed by atoms with van der Waals surface area (Å²) in [5.41, 5.74) is 0. The van der Waals surface area contributed by atoms with E-state index < -0.39 is 34.0 Å². The fourth-order valence-corrected chi connectivity index (χ4v) is 7.84. The van der Waals surface area contributed by atoms with Gasteiger partial charge in [0, 0.05) is 42.6 Å². The Morgan fingerprint density at radius 1 is 1.07 bits per heavy atom. The zero-order chi connectivity index (χ0) is 29.7. The maximum atomic E-state index is 13.3. The summed E-state index contributed by atoms with van der Waals surface area (Å²) < 4.78 is 37.5. The van der Waals surface area contributed by atoms with Gasteiger partial charge in [0.1, 0.15) is 18.7 Å². The second-order valence-corrected chi connectivity index (χ2v) is 13.1. The van der Waals surface area contributed by atoms with Crippen LogP contribution in [0, 0.1) is 5.92 Å². The van der Waals surface area contributed by atoms with Gasteiger partial charge in [-0.1, -0.05) is 23.2 Å². The molecule has 4 rings (SSSR count). The van der Waals surface area contributed by atoms with E-state index in [0.29, 0.717) is 39.2 Å². The fraction of sp³-hybridized carbons (Fsp3) is 0.615. The summed E-state index contributed by atoms with van der Waals surface area (Å²) in [4.78, 5) is 53.6. The van der Waals surface area contributed by atoms with Crippen molar-refractivity contribution < 1.29 is 37.1 Å². The molecule has 1 aromatic carbocycles. The SMILES string of the molecule is COC(=O)[C@H](CCC(=O)N1CCC(CN2CCOC2=O)CC1)NC(=O)[C@@H]1CCCN1S(=O)(=O)c1cc(Cl)cc(Cl)c1. The van der Waals surface area contributed by atoms with Gasteiger partial charge in [-0.15, -0.1) is 0 Å². The number of carbonyl (C=O) groups is 4. The van der Waals surface area contributed by atoms with E-state index in [9.17, 15) is 27.6 Å². The van der Waals surface area contributed by atoms with Gasteiger partial charge in [0.25, 0.3) is 0 Å². The molecule has 1 aromatic rings. The lowest BCUT2D eigenvalue weighted by molar-refractivity contribution is -0.146. The van der Waals surface area contributed by atoms with Crippen LogP contribution in [0.3, 0.4) is 0 Å². The third-order valence-electron chi connectivity index (χ3n) is 7.69. The van der Waals surface area contributed by atoms with E-state index in [0.717, 1.165) is 17.1 Å². The number of benzene rings is 1. The molecule has 1 N–H and O–H groups in total. The smallest absolute Gasteiger partial charge is 0.409 e. The van der Waals surface area contributed by atoms with Gasteiger partial charge in [0.2, 0.25) is 21.8 Å². The summed E-state index contributed by atoms with van der Waals surface area (Å²) in [5.74, 6) is -1.25. The number of methoxy groups -OCH3 is 1. The van der Waals surface area contributed by atoms with Crippen molar-refractivity contribution in [3.05, 3.63) is 28.2 Å². The molecule has 0 unspecified atom stereocenters. The summed E-state index contributed by atoms with van der Waals surface area (Å²) in [5, 5.41) is 2.90. The molecule has 3 fully saturated rings. The van der Waals surface area contributed by atoms with E-state index >= 15 is 0 Å². The van der Waals surface area contributed by atoms with Crippen LogP contribution in [-0.2, 0) is 33.9 Å². The Hall–Kier alpha value is -2.61. The van der Waals surface area contributed by atoms with Crippen LogP contribution >= 0.6 is 23.2 Å². The molecule has 0 aromatic heterocycles. The van der Waals surface area contributed by atoms with Crippen LogP contribution in [0.25, 0.3) is 0 Å². The number of piperidine rings is 1. The van der Waals surface area contributed by atoms with Gasteiger partial charge in [-0.05, 0) is 56.2 Å². The number of likely N-dealkylation sites (tertiary alicyclic amines) is 1. The van der Waals surface area contributed by atoms with Crippen molar-refractivity contribution in [2.24, 2.45) is 5.92 Å². The Kier molecular flexibility index (Phi) is 10.4. The van der Waals surface area contributed by atoms with Gasteiger partial charge in [-0.2, -0.15) is 4.31 Å². The van der Waals surface area contributed by atoms with E-state index in [1.54, 1.807) is 9.80 Å². The highest BCUT2D eigenvalue weighted by molar-refractivity contribution is 7.89. The number of cyclic esters (lactones) is 1. The molecule has 41 heavy (non-hydrogen) atoms. The Labute approximate surface area is 249 Å². The van der Waals surface area contributed by atoms with Crippen LogP contribution in [0.15, 0.2) is 23.1 Å². The van der Waals surface area contributed by atoms with Gasteiger partial charge in [-0.25, -0.2) is 18.0 Å². The van der Waals surface area contributed by atoms with Crippen molar-refractivity contribution in [1.29, 1.82) is 0 Å². The first-order valence-corrected chi connectivity index (χ1v) is 15.7. The minimum Gasteiger partial charge on any atom is -0.467 e. The molecule has 3 aliphatic heterocycles. The Morgan fingerprint density at radius 3 is 2.37 bits per heavy atom. The van der Waals surface area contributed by atoms with Gasteiger partial charge in [0.05, 0.1) is 18.6 Å². The van der Waals surface area contributed by atoms with Crippen LogP contribution in [0.2, 0.25) is 10.0 Å². The van der Waals surface area contributed by atoms with E-state index in [4.69, 9.17) is 32.7 Å². The van der Waals surface area contributed by atoms with Gasteiger partial charge in [-0.3, -0.25) is 9.59 Å². The number of carbonyl (C=O) groups excluding carboxylic acids is 4. The maximum absolute atomic E-state index is 13.3. The van der Waals surface area contributed by atoms with E-state index in [1.165, 1.54) is 25.3 Å². The summed E-state index contributed by atoms with van der Waals surface area (Å²) in [6.45, 7) is 2.77. The molecular weight excluding hydrogens is 599 g/mol. The molecule has 0 aliphatic carbocycles. The monoisotopic (exact) mass is 632 g/mol. The summed E-state index contributed by atoms with van der Waals surface area (Å²) in [6, 6.07) is 1.77. The lowest BCUT2D eigenvalue weighted by atomic mass is 9.96. The molecular formula is C26H34Cl2N4O8S. The molecule has 226 valence electrons. The quantitative estimate of drug-likeness (QED) is 0.387. The molecule has 3 heterocycles. The minimum absolute atomic E-state index is 0.000164.